The molecule has 1 heterocycles. The largest absolute Gasteiger partial charge is 0.493 e. The summed E-state index contributed by atoms with van der Waals surface area (Å²) in [6.07, 6.45) is 2.37. The Kier molecular flexibility index (Phi) is 5.00. The van der Waals surface area contributed by atoms with Crippen LogP contribution >= 0.6 is 0 Å². The number of ketones is 1. The fraction of sp³-hybridized carbons (Fsp3) is 0.200. The van der Waals surface area contributed by atoms with Crippen LogP contribution in [0.1, 0.15) is 22.3 Å². The van der Waals surface area contributed by atoms with E-state index in [0.717, 1.165) is 5.56 Å². The normalized spacial score (nSPS) is 14.9. The van der Waals surface area contributed by atoms with Crippen molar-refractivity contribution < 1.29 is 19.0 Å². The van der Waals surface area contributed by atoms with Gasteiger partial charge < -0.3 is 14.2 Å². The van der Waals surface area contributed by atoms with Gasteiger partial charge in [-0.2, -0.15) is 5.26 Å². The van der Waals surface area contributed by atoms with Crippen LogP contribution < -0.4 is 14.2 Å². The van der Waals surface area contributed by atoms with E-state index in [1.807, 2.05) is 30.3 Å². The van der Waals surface area contributed by atoms with Gasteiger partial charge in [0.15, 0.2) is 23.9 Å². The highest BCUT2D eigenvalue weighted by atomic mass is 16.5. The molecule has 0 atom stereocenters. The molecule has 0 unspecified atom stereocenters. The van der Waals surface area contributed by atoms with Crippen molar-refractivity contribution in [3.63, 3.8) is 0 Å². The van der Waals surface area contributed by atoms with Crippen LogP contribution in [0.4, 0.5) is 0 Å². The molecule has 0 aromatic heterocycles. The second-order valence-electron chi connectivity index (χ2n) is 5.45. The number of Topliss-reactive ketones (excluding diaryl/α,β-unsaturated/α-hetero) is 1. The van der Waals surface area contributed by atoms with Crippen LogP contribution in [-0.4, -0.2) is 26.1 Å². The van der Waals surface area contributed by atoms with Crippen molar-refractivity contribution in [1.82, 2.24) is 0 Å². The quantitative estimate of drug-likeness (QED) is 0.798. The minimum atomic E-state index is -0.0522. The number of carbonyl (C=O) groups is 1. The van der Waals surface area contributed by atoms with Crippen LogP contribution in [0.25, 0.3) is 6.08 Å². The lowest BCUT2D eigenvalue weighted by atomic mass is 9.99. The topological polar surface area (TPSA) is 68.6 Å². The summed E-state index contributed by atoms with van der Waals surface area (Å²) in [5.41, 5.74) is 2.08. The zero-order valence-corrected chi connectivity index (χ0v) is 13.8. The van der Waals surface area contributed by atoms with Crippen LogP contribution in [0.5, 0.6) is 17.2 Å². The lowest BCUT2D eigenvalue weighted by Crippen LogP contribution is -2.02. The number of rotatable bonds is 4. The van der Waals surface area contributed by atoms with Gasteiger partial charge in [0.1, 0.15) is 11.8 Å². The van der Waals surface area contributed by atoms with E-state index in [2.05, 4.69) is 0 Å². The number of fused-ring (bicyclic) bond motifs is 1. The predicted octanol–water partition coefficient (Wildman–Crippen LogP) is 3.65. The Morgan fingerprint density at radius 1 is 1.24 bits per heavy atom. The third kappa shape index (κ3) is 3.64. The van der Waals surface area contributed by atoms with Gasteiger partial charge in [-0.1, -0.05) is 18.2 Å². The molecule has 0 saturated carbocycles. The maximum absolute atomic E-state index is 12.8. The summed E-state index contributed by atoms with van der Waals surface area (Å²) >= 11 is 0. The van der Waals surface area contributed by atoms with Crippen molar-refractivity contribution >= 4 is 11.9 Å². The van der Waals surface area contributed by atoms with Crippen LogP contribution in [-0.2, 0) is 0 Å². The Labute approximate surface area is 146 Å². The molecule has 0 aliphatic carbocycles. The van der Waals surface area contributed by atoms with E-state index >= 15 is 0 Å². The lowest BCUT2D eigenvalue weighted by molar-refractivity contribution is 0.103. The Balaban J connectivity index is 1.92. The standard InChI is InChI=1S/C20H17NO4/c1-23-19-13-14(6-7-18(19)25-11-9-21)12-15-8-10-24-17-5-3-2-4-16(17)20(15)22/h2-7,12-13H,8,10-11H2,1H3. The van der Waals surface area contributed by atoms with E-state index in [0.29, 0.717) is 41.4 Å². The van der Waals surface area contributed by atoms with Crippen LogP contribution in [0, 0.1) is 11.3 Å². The molecule has 0 saturated heterocycles. The SMILES string of the molecule is COc1cc(C=C2CCOc3ccccc3C2=O)ccc1OCC#N. The minimum Gasteiger partial charge on any atom is -0.493 e. The fourth-order valence-electron chi connectivity index (χ4n) is 2.68. The Bertz CT molecular complexity index is 864. The van der Waals surface area contributed by atoms with Gasteiger partial charge in [0, 0.05) is 12.0 Å². The van der Waals surface area contributed by atoms with Crippen LogP contribution in [0.15, 0.2) is 48.0 Å². The van der Waals surface area contributed by atoms with Gasteiger partial charge in [0.25, 0.3) is 0 Å². The third-order valence-corrected chi connectivity index (χ3v) is 3.87. The molecule has 126 valence electrons. The van der Waals surface area contributed by atoms with Crippen molar-refractivity contribution in [2.75, 3.05) is 20.3 Å². The van der Waals surface area contributed by atoms with Crippen molar-refractivity contribution in [3.05, 3.63) is 59.2 Å². The van der Waals surface area contributed by atoms with E-state index in [1.165, 1.54) is 7.11 Å². The average Bonchev–Trinajstić information content (AvgIpc) is 2.80. The van der Waals surface area contributed by atoms with E-state index < -0.39 is 0 Å². The second kappa shape index (κ2) is 7.54. The summed E-state index contributed by atoms with van der Waals surface area (Å²) in [6.45, 7) is 0.401. The summed E-state index contributed by atoms with van der Waals surface area (Å²) in [4.78, 5) is 12.8. The summed E-state index contributed by atoms with van der Waals surface area (Å²) in [6, 6.07) is 14.5. The van der Waals surface area contributed by atoms with Crippen LogP contribution in [0.3, 0.4) is 0 Å². The van der Waals surface area contributed by atoms with Gasteiger partial charge in [-0.25, -0.2) is 0 Å². The van der Waals surface area contributed by atoms with Gasteiger partial charge in [-0.15, -0.1) is 0 Å². The van der Waals surface area contributed by atoms with E-state index in [1.54, 1.807) is 24.3 Å². The molecular formula is C20H17NO4. The first-order chi connectivity index (χ1) is 12.2. The molecule has 0 radical (unpaired) electrons. The van der Waals surface area contributed by atoms with Crippen molar-refractivity contribution in [3.8, 4) is 23.3 Å². The Hall–Kier alpha value is -3.26. The molecule has 1 aliphatic heterocycles. The first kappa shape index (κ1) is 16.6. The molecule has 0 fully saturated rings. The highest BCUT2D eigenvalue weighted by Crippen LogP contribution is 2.31. The van der Waals surface area contributed by atoms with Crippen molar-refractivity contribution in [1.29, 1.82) is 5.26 Å². The van der Waals surface area contributed by atoms with Gasteiger partial charge in [0.05, 0.1) is 19.3 Å². The fourth-order valence-corrected chi connectivity index (χ4v) is 2.68. The summed E-state index contributed by atoms with van der Waals surface area (Å²) < 4.78 is 16.3. The zero-order valence-electron chi connectivity index (χ0n) is 13.8. The van der Waals surface area contributed by atoms with Crippen molar-refractivity contribution in [2.24, 2.45) is 0 Å². The van der Waals surface area contributed by atoms with Gasteiger partial charge in [-0.3, -0.25) is 4.79 Å². The van der Waals surface area contributed by atoms with Crippen molar-refractivity contribution in [2.45, 2.75) is 6.42 Å². The Morgan fingerprint density at radius 2 is 2.08 bits per heavy atom. The van der Waals surface area contributed by atoms with Gasteiger partial charge in [0.2, 0.25) is 0 Å². The number of methoxy groups -OCH3 is 1. The highest BCUT2D eigenvalue weighted by Gasteiger charge is 2.20. The predicted molar refractivity (Wildman–Crippen MR) is 93.0 cm³/mol. The molecule has 0 bridgehead atoms. The number of hydrogen-bond acceptors (Lipinski definition) is 5. The summed E-state index contributed by atoms with van der Waals surface area (Å²) in [7, 11) is 1.53. The number of carbonyl (C=O) groups excluding carboxylic acids is 1. The maximum atomic E-state index is 12.8. The highest BCUT2D eigenvalue weighted by molar-refractivity contribution is 6.13. The van der Waals surface area contributed by atoms with E-state index in [9.17, 15) is 4.79 Å². The molecule has 25 heavy (non-hydrogen) atoms. The average molecular weight is 335 g/mol. The third-order valence-electron chi connectivity index (χ3n) is 3.87. The molecule has 0 amide bonds. The number of hydrogen-bond donors (Lipinski definition) is 0. The van der Waals surface area contributed by atoms with Gasteiger partial charge >= 0.3 is 0 Å². The molecule has 5 heteroatoms. The number of para-hydroxylation sites is 1. The molecule has 2 aromatic carbocycles. The molecule has 5 nitrogen and oxygen atoms in total. The minimum absolute atomic E-state index is 0.0307. The first-order valence-corrected chi connectivity index (χ1v) is 7.88. The molecule has 3 rings (SSSR count). The number of benzene rings is 2. The van der Waals surface area contributed by atoms with Crippen LogP contribution in [0.2, 0.25) is 0 Å². The molecule has 0 N–H and O–H groups in total. The smallest absolute Gasteiger partial charge is 0.192 e. The zero-order chi connectivity index (χ0) is 17.6. The number of nitrogens with zero attached hydrogens (tertiary/aromatic N) is 1. The number of nitriles is 1. The molecule has 2 aromatic rings. The molecule has 1 aliphatic rings. The molecule has 0 spiro atoms. The molecular weight excluding hydrogens is 318 g/mol. The first-order valence-electron chi connectivity index (χ1n) is 7.88. The van der Waals surface area contributed by atoms with Gasteiger partial charge in [-0.05, 0) is 35.9 Å². The maximum Gasteiger partial charge on any atom is 0.192 e. The van der Waals surface area contributed by atoms with E-state index in [4.69, 9.17) is 19.5 Å². The monoisotopic (exact) mass is 335 g/mol. The van der Waals surface area contributed by atoms with E-state index in [-0.39, 0.29) is 12.4 Å². The second-order valence-corrected chi connectivity index (χ2v) is 5.45. The summed E-state index contributed by atoms with van der Waals surface area (Å²) in [5, 5.41) is 8.62. The lowest BCUT2D eigenvalue weighted by Gasteiger charge is -2.09. The summed E-state index contributed by atoms with van der Waals surface area (Å²) in [5.74, 6) is 1.60. The Morgan fingerprint density at radius 3 is 2.88 bits per heavy atom. The number of ether oxygens (including phenoxy) is 3.